The fourth-order valence-corrected chi connectivity index (χ4v) is 2.15. The van der Waals surface area contributed by atoms with Gasteiger partial charge in [-0.05, 0) is 44.2 Å². The van der Waals surface area contributed by atoms with Gasteiger partial charge in [0.05, 0.1) is 0 Å². The molecule has 1 aromatic carbocycles. The van der Waals surface area contributed by atoms with Crippen LogP contribution >= 0.6 is 35.7 Å². The highest BCUT2D eigenvalue weighted by atomic mass is 127. The van der Waals surface area contributed by atoms with Crippen LogP contribution in [-0.4, -0.2) is 36.5 Å². The monoisotopic (exact) mass is 478 g/mol. The van der Waals surface area contributed by atoms with E-state index in [9.17, 15) is 4.79 Å². The summed E-state index contributed by atoms with van der Waals surface area (Å²) in [6.07, 6.45) is 3.52. The van der Waals surface area contributed by atoms with E-state index in [2.05, 4.69) is 41.0 Å². The molecule has 0 radical (unpaired) electrons. The van der Waals surface area contributed by atoms with E-state index in [1.165, 1.54) is 0 Å². The van der Waals surface area contributed by atoms with E-state index in [0.29, 0.717) is 13.0 Å². The molecule has 0 bridgehead atoms. The van der Waals surface area contributed by atoms with Crippen LogP contribution in [-0.2, 0) is 11.3 Å². The molecule has 0 unspecified atom stereocenters. The first-order valence-corrected chi connectivity index (χ1v) is 9.51. The van der Waals surface area contributed by atoms with Gasteiger partial charge in [-0.3, -0.25) is 9.79 Å². The Bertz CT molecular complexity index is 547. The molecule has 0 aromatic heterocycles. The van der Waals surface area contributed by atoms with Crippen LogP contribution in [0.25, 0.3) is 0 Å². The van der Waals surface area contributed by atoms with Crippen molar-refractivity contribution in [2.24, 2.45) is 4.99 Å². The standard InChI is InChI=1S/C18H30N4OS.HI/c1-6-7-16(23)22-15-10-8-14(9-11-15)12-20-17(19-4)21-13-18(2,3)24-5;/h8-11H,6-7,12-13H2,1-5H3,(H,22,23)(H2,19,20,21);1H. The van der Waals surface area contributed by atoms with Crippen molar-refractivity contribution < 1.29 is 4.79 Å². The maximum atomic E-state index is 11.6. The van der Waals surface area contributed by atoms with Crippen LogP contribution in [0.1, 0.15) is 39.2 Å². The van der Waals surface area contributed by atoms with E-state index >= 15 is 0 Å². The van der Waals surface area contributed by atoms with Crippen molar-refractivity contribution in [3.05, 3.63) is 29.8 Å². The summed E-state index contributed by atoms with van der Waals surface area (Å²) in [4.78, 5) is 15.8. The molecule has 0 aliphatic heterocycles. The predicted octanol–water partition coefficient (Wildman–Crippen LogP) is 3.85. The first-order valence-electron chi connectivity index (χ1n) is 8.28. The van der Waals surface area contributed by atoms with Gasteiger partial charge in [-0.25, -0.2) is 0 Å². The van der Waals surface area contributed by atoms with Gasteiger partial charge in [-0.2, -0.15) is 11.8 Å². The summed E-state index contributed by atoms with van der Waals surface area (Å²) in [5.41, 5.74) is 1.97. The Morgan fingerprint density at radius 3 is 2.36 bits per heavy atom. The van der Waals surface area contributed by atoms with Crippen LogP contribution in [0.4, 0.5) is 5.69 Å². The summed E-state index contributed by atoms with van der Waals surface area (Å²) in [5, 5.41) is 9.54. The Hall–Kier alpha value is -0.960. The third-order valence-corrected chi connectivity index (χ3v) is 4.88. The Morgan fingerprint density at radius 2 is 1.84 bits per heavy atom. The molecule has 3 N–H and O–H groups in total. The lowest BCUT2D eigenvalue weighted by atomic mass is 10.2. The number of nitrogens with zero attached hydrogens (tertiary/aromatic N) is 1. The zero-order valence-electron chi connectivity index (χ0n) is 15.8. The fraction of sp³-hybridized carbons (Fsp3) is 0.556. The Balaban J connectivity index is 0.00000576. The molecule has 25 heavy (non-hydrogen) atoms. The molecule has 0 spiro atoms. The molecular weight excluding hydrogens is 447 g/mol. The normalized spacial score (nSPS) is 11.5. The first kappa shape index (κ1) is 24.0. The molecule has 142 valence electrons. The maximum Gasteiger partial charge on any atom is 0.224 e. The third kappa shape index (κ3) is 9.94. The van der Waals surface area contributed by atoms with E-state index in [0.717, 1.165) is 30.2 Å². The van der Waals surface area contributed by atoms with Crippen LogP contribution < -0.4 is 16.0 Å². The van der Waals surface area contributed by atoms with Crippen molar-refractivity contribution in [2.75, 3.05) is 25.2 Å². The molecule has 1 amide bonds. The molecule has 0 saturated carbocycles. The predicted molar refractivity (Wildman–Crippen MR) is 121 cm³/mol. The molecule has 1 rings (SSSR count). The second-order valence-corrected chi connectivity index (χ2v) is 7.75. The SMILES string of the molecule is CCCC(=O)Nc1ccc(CNC(=NC)NCC(C)(C)SC)cc1.I. The average Bonchev–Trinajstić information content (AvgIpc) is 2.56. The van der Waals surface area contributed by atoms with Gasteiger partial charge in [0.15, 0.2) is 5.96 Å². The molecule has 0 aliphatic rings. The minimum atomic E-state index is 0. The number of anilines is 1. The Kier molecular flexibility index (Phi) is 11.9. The molecular formula is C18H31IN4OS. The summed E-state index contributed by atoms with van der Waals surface area (Å²) in [5.74, 6) is 0.849. The number of carbonyl (C=O) groups is 1. The molecule has 5 nitrogen and oxygen atoms in total. The van der Waals surface area contributed by atoms with Gasteiger partial charge in [-0.1, -0.05) is 19.1 Å². The Labute approximate surface area is 173 Å². The van der Waals surface area contributed by atoms with Gasteiger partial charge in [-0.15, -0.1) is 24.0 Å². The molecule has 0 aliphatic carbocycles. The highest BCUT2D eigenvalue weighted by molar-refractivity contribution is 14.0. The van der Waals surface area contributed by atoms with Crippen molar-refractivity contribution in [1.29, 1.82) is 0 Å². The van der Waals surface area contributed by atoms with Gasteiger partial charge in [0.1, 0.15) is 0 Å². The van der Waals surface area contributed by atoms with Gasteiger partial charge in [0.2, 0.25) is 5.91 Å². The number of hydrogen-bond acceptors (Lipinski definition) is 3. The molecule has 7 heteroatoms. The lowest BCUT2D eigenvalue weighted by Gasteiger charge is -2.23. The van der Waals surface area contributed by atoms with Crippen LogP contribution in [0, 0.1) is 0 Å². The zero-order chi connectivity index (χ0) is 18.0. The van der Waals surface area contributed by atoms with E-state index in [1.54, 1.807) is 7.05 Å². The van der Waals surface area contributed by atoms with Crippen LogP contribution in [0.5, 0.6) is 0 Å². The van der Waals surface area contributed by atoms with Crippen molar-refractivity contribution >= 4 is 53.3 Å². The lowest BCUT2D eigenvalue weighted by molar-refractivity contribution is -0.116. The van der Waals surface area contributed by atoms with Gasteiger partial charge in [0.25, 0.3) is 0 Å². The number of rotatable bonds is 8. The highest BCUT2D eigenvalue weighted by Gasteiger charge is 2.15. The minimum Gasteiger partial charge on any atom is -0.355 e. The number of hydrogen-bond donors (Lipinski definition) is 3. The van der Waals surface area contributed by atoms with Gasteiger partial charge >= 0.3 is 0 Å². The number of aliphatic imine (C=N–C) groups is 1. The summed E-state index contributed by atoms with van der Waals surface area (Å²) < 4.78 is 0.163. The fourth-order valence-electron chi connectivity index (χ4n) is 1.93. The molecule has 0 atom stereocenters. The second-order valence-electron chi connectivity index (χ2n) is 6.24. The van der Waals surface area contributed by atoms with Crippen molar-refractivity contribution in [3.8, 4) is 0 Å². The number of halogens is 1. The van der Waals surface area contributed by atoms with E-state index in [1.807, 2.05) is 43.0 Å². The van der Waals surface area contributed by atoms with E-state index in [4.69, 9.17) is 0 Å². The number of amides is 1. The van der Waals surface area contributed by atoms with E-state index < -0.39 is 0 Å². The number of guanidine groups is 1. The smallest absolute Gasteiger partial charge is 0.224 e. The minimum absolute atomic E-state index is 0. The molecule has 1 aromatic rings. The van der Waals surface area contributed by atoms with E-state index in [-0.39, 0.29) is 34.6 Å². The third-order valence-electron chi connectivity index (χ3n) is 3.63. The second kappa shape index (κ2) is 12.4. The van der Waals surface area contributed by atoms with Gasteiger partial charge in [0, 0.05) is 37.0 Å². The highest BCUT2D eigenvalue weighted by Crippen LogP contribution is 2.19. The molecule has 0 saturated heterocycles. The number of benzene rings is 1. The van der Waals surface area contributed by atoms with Crippen molar-refractivity contribution in [2.45, 2.75) is 44.9 Å². The molecule has 0 fully saturated rings. The largest absolute Gasteiger partial charge is 0.355 e. The van der Waals surface area contributed by atoms with Crippen molar-refractivity contribution in [1.82, 2.24) is 10.6 Å². The Morgan fingerprint density at radius 1 is 1.20 bits per heavy atom. The topological polar surface area (TPSA) is 65.5 Å². The van der Waals surface area contributed by atoms with Crippen LogP contribution in [0.2, 0.25) is 0 Å². The summed E-state index contributed by atoms with van der Waals surface area (Å²) in [6, 6.07) is 7.87. The number of thioether (sulfide) groups is 1. The quantitative estimate of drug-likeness (QED) is 0.302. The average molecular weight is 478 g/mol. The molecule has 0 heterocycles. The lowest BCUT2D eigenvalue weighted by Crippen LogP contribution is -2.42. The van der Waals surface area contributed by atoms with Gasteiger partial charge < -0.3 is 16.0 Å². The van der Waals surface area contributed by atoms with Crippen molar-refractivity contribution in [3.63, 3.8) is 0 Å². The summed E-state index contributed by atoms with van der Waals surface area (Å²) >= 11 is 1.82. The van der Waals surface area contributed by atoms with Crippen LogP contribution in [0.15, 0.2) is 29.3 Å². The number of nitrogens with one attached hydrogen (secondary N) is 3. The summed E-state index contributed by atoms with van der Waals surface area (Å²) in [6.45, 7) is 7.92. The zero-order valence-corrected chi connectivity index (χ0v) is 19.0. The summed E-state index contributed by atoms with van der Waals surface area (Å²) in [7, 11) is 1.77. The van der Waals surface area contributed by atoms with Crippen LogP contribution in [0.3, 0.4) is 0 Å². The maximum absolute atomic E-state index is 11.6. The number of carbonyl (C=O) groups excluding carboxylic acids is 1. The first-order chi connectivity index (χ1) is 11.4.